The van der Waals surface area contributed by atoms with E-state index < -0.39 is 0 Å². The van der Waals surface area contributed by atoms with Gasteiger partial charge in [-0.05, 0) is 44.0 Å². The van der Waals surface area contributed by atoms with E-state index >= 15 is 0 Å². The lowest BCUT2D eigenvalue weighted by Gasteiger charge is -2.22. The van der Waals surface area contributed by atoms with E-state index in [2.05, 4.69) is 22.1 Å². The Hall–Kier alpha value is -1.66. The minimum absolute atomic E-state index is 0.0103. The smallest absolute Gasteiger partial charge is 0.243 e. The maximum absolute atomic E-state index is 12.3. The van der Waals surface area contributed by atoms with E-state index in [4.69, 9.17) is 5.73 Å². The predicted octanol–water partition coefficient (Wildman–Crippen LogP) is 2.55. The van der Waals surface area contributed by atoms with E-state index in [-0.39, 0.29) is 11.9 Å². The number of aromatic nitrogens is 1. The molecule has 2 unspecified atom stereocenters. The number of carbonyl (C=O) groups is 1. The van der Waals surface area contributed by atoms with Crippen molar-refractivity contribution in [1.29, 1.82) is 0 Å². The topological polar surface area (TPSA) is 71.2 Å². The number of hydrogen-bond acceptors (Lipinski definition) is 5. The number of nitrogens with two attached hydrogens (primary N) is 1. The average Bonchev–Trinajstić information content (AvgIpc) is 3.03. The fourth-order valence-electron chi connectivity index (χ4n) is 2.69. The molecule has 1 saturated heterocycles. The third kappa shape index (κ3) is 3.01. The van der Waals surface area contributed by atoms with Crippen LogP contribution in [0.5, 0.6) is 0 Å². The van der Waals surface area contributed by atoms with Crippen LogP contribution < -0.4 is 11.1 Å². The molecule has 3 rings (SSSR count). The van der Waals surface area contributed by atoms with Crippen molar-refractivity contribution in [3.05, 3.63) is 18.2 Å². The first-order valence-electron chi connectivity index (χ1n) is 7.24. The highest BCUT2D eigenvalue weighted by Crippen LogP contribution is 2.28. The Morgan fingerprint density at radius 3 is 3.10 bits per heavy atom. The van der Waals surface area contributed by atoms with Gasteiger partial charge in [-0.15, -0.1) is 0 Å². The van der Waals surface area contributed by atoms with Gasteiger partial charge in [-0.2, -0.15) is 0 Å². The molecule has 0 aliphatic carbocycles. The monoisotopic (exact) mass is 304 g/mol. The van der Waals surface area contributed by atoms with Gasteiger partial charge in [0.25, 0.3) is 0 Å². The Labute approximate surface area is 128 Å². The van der Waals surface area contributed by atoms with E-state index in [0.29, 0.717) is 16.7 Å². The molecule has 0 bridgehead atoms. The number of benzene rings is 1. The predicted molar refractivity (Wildman–Crippen MR) is 87.5 cm³/mol. The van der Waals surface area contributed by atoms with Crippen molar-refractivity contribution in [1.82, 2.24) is 9.88 Å². The second-order valence-corrected chi connectivity index (χ2v) is 6.83. The van der Waals surface area contributed by atoms with Crippen LogP contribution in [0, 0.1) is 5.92 Å². The molecule has 2 atom stereocenters. The number of fused-ring (bicyclic) bond motifs is 1. The zero-order valence-electron chi connectivity index (χ0n) is 12.3. The molecule has 5 nitrogen and oxygen atoms in total. The molecule has 2 heterocycles. The highest BCUT2D eigenvalue weighted by atomic mass is 32.1. The number of likely N-dealkylation sites (tertiary alicyclic amines) is 1. The van der Waals surface area contributed by atoms with E-state index in [0.717, 1.165) is 29.7 Å². The van der Waals surface area contributed by atoms with Gasteiger partial charge in [0.05, 0.1) is 16.3 Å². The number of rotatable bonds is 3. The van der Waals surface area contributed by atoms with Crippen LogP contribution >= 0.6 is 11.3 Å². The Bertz CT molecular complexity index is 669. The van der Waals surface area contributed by atoms with Crippen molar-refractivity contribution in [2.45, 2.75) is 26.3 Å². The summed E-state index contributed by atoms with van der Waals surface area (Å²) >= 11 is 1.46. The van der Waals surface area contributed by atoms with Crippen LogP contribution in [0.3, 0.4) is 0 Å². The Morgan fingerprint density at radius 1 is 1.57 bits per heavy atom. The summed E-state index contributed by atoms with van der Waals surface area (Å²) in [6.45, 7) is 6.17. The van der Waals surface area contributed by atoms with E-state index in [1.807, 2.05) is 25.1 Å². The van der Waals surface area contributed by atoms with Crippen molar-refractivity contribution >= 4 is 38.3 Å². The van der Waals surface area contributed by atoms with Crippen molar-refractivity contribution in [2.75, 3.05) is 24.1 Å². The van der Waals surface area contributed by atoms with Crippen molar-refractivity contribution in [2.24, 2.45) is 5.92 Å². The van der Waals surface area contributed by atoms with Gasteiger partial charge < -0.3 is 11.1 Å². The van der Waals surface area contributed by atoms with E-state index in [1.165, 1.54) is 11.3 Å². The van der Waals surface area contributed by atoms with E-state index in [9.17, 15) is 4.79 Å². The number of anilines is 2. The third-order valence-corrected chi connectivity index (χ3v) is 4.96. The lowest BCUT2D eigenvalue weighted by molar-refractivity contribution is -0.120. The molecule has 0 spiro atoms. The number of nitrogens with zero attached hydrogens (tertiary/aromatic N) is 2. The summed E-state index contributed by atoms with van der Waals surface area (Å²) in [5.41, 5.74) is 7.34. The normalized spacial score (nSPS) is 20.8. The van der Waals surface area contributed by atoms with Gasteiger partial charge >= 0.3 is 0 Å². The molecule has 21 heavy (non-hydrogen) atoms. The van der Waals surface area contributed by atoms with Gasteiger partial charge in [0, 0.05) is 12.2 Å². The first-order chi connectivity index (χ1) is 10.0. The van der Waals surface area contributed by atoms with Crippen molar-refractivity contribution < 1.29 is 4.79 Å². The van der Waals surface area contributed by atoms with Crippen LogP contribution in [-0.2, 0) is 4.79 Å². The van der Waals surface area contributed by atoms with Crippen LogP contribution in [0.15, 0.2) is 18.2 Å². The fraction of sp³-hybridized carbons (Fsp3) is 0.467. The number of thiazole rings is 1. The summed E-state index contributed by atoms with van der Waals surface area (Å²) in [6.07, 6.45) is 1.16. The molecule has 1 aromatic heterocycles. The molecule has 2 aromatic rings. The minimum Gasteiger partial charge on any atom is -0.399 e. The number of nitrogens with one attached hydrogen (secondary N) is 1. The molecule has 1 aromatic carbocycles. The Balaban J connectivity index is 1.70. The molecule has 1 amide bonds. The molecule has 0 radical (unpaired) electrons. The highest BCUT2D eigenvalue weighted by molar-refractivity contribution is 7.22. The molecule has 0 saturated carbocycles. The molecule has 1 aliphatic rings. The average molecular weight is 304 g/mol. The summed E-state index contributed by atoms with van der Waals surface area (Å²) in [7, 11) is 0. The standard InChI is InChI=1S/C15H20N4OS/c1-9-5-6-19(8-9)10(2)14(20)18-15-17-12-4-3-11(16)7-13(12)21-15/h3-4,7,9-10H,5-6,8,16H2,1-2H3,(H,17,18,20). The van der Waals surface area contributed by atoms with Gasteiger partial charge in [0.1, 0.15) is 0 Å². The maximum Gasteiger partial charge on any atom is 0.243 e. The Morgan fingerprint density at radius 2 is 2.38 bits per heavy atom. The Kier molecular flexibility index (Phi) is 3.82. The van der Waals surface area contributed by atoms with Gasteiger partial charge in [-0.1, -0.05) is 18.3 Å². The zero-order valence-corrected chi connectivity index (χ0v) is 13.1. The molecular weight excluding hydrogens is 284 g/mol. The second-order valence-electron chi connectivity index (χ2n) is 5.80. The summed E-state index contributed by atoms with van der Waals surface area (Å²) in [4.78, 5) is 19.0. The summed E-state index contributed by atoms with van der Waals surface area (Å²) in [6, 6.07) is 5.46. The van der Waals surface area contributed by atoms with Gasteiger partial charge in [-0.3, -0.25) is 9.69 Å². The largest absolute Gasteiger partial charge is 0.399 e. The highest BCUT2D eigenvalue weighted by Gasteiger charge is 2.27. The van der Waals surface area contributed by atoms with Crippen LogP contribution in [0.2, 0.25) is 0 Å². The zero-order chi connectivity index (χ0) is 15.0. The third-order valence-electron chi connectivity index (χ3n) is 4.03. The molecule has 1 fully saturated rings. The first-order valence-corrected chi connectivity index (χ1v) is 8.05. The van der Waals surface area contributed by atoms with Gasteiger partial charge in [0.15, 0.2) is 5.13 Å². The molecular formula is C15H20N4OS. The minimum atomic E-state index is -0.118. The lowest BCUT2D eigenvalue weighted by atomic mass is 10.2. The molecule has 1 aliphatic heterocycles. The quantitative estimate of drug-likeness (QED) is 0.855. The number of nitrogen functional groups attached to an aromatic ring is 1. The van der Waals surface area contributed by atoms with Gasteiger partial charge in [-0.25, -0.2) is 4.98 Å². The van der Waals surface area contributed by atoms with Crippen LogP contribution in [0.1, 0.15) is 20.3 Å². The van der Waals surface area contributed by atoms with E-state index in [1.54, 1.807) is 0 Å². The fourth-order valence-corrected chi connectivity index (χ4v) is 3.61. The van der Waals surface area contributed by atoms with Crippen LogP contribution in [-0.4, -0.2) is 34.9 Å². The molecule has 112 valence electrons. The van der Waals surface area contributed by atoms with Crippen LogP contribution in [0.4, 0.5) is 10.8 Å². The first kappa shape index (κ1) is 14.3. The summed E-state index contributed by atoms with van der Waals surface area (Å²) in [5, 5.41) is 3.57. The van der Waals surface area contributed by atoms with Crippen molar-refractivity contribution in [3.63, 3.8) is 0 Å². The number of hydrogen-bond donors (Lipinski definition) is 2. The van der Waals surface area contributed by atoms with Crippen LogP contribution in [0.25, 0.3) is 10.2 Å². The molecule has 6 heteroatoms. The summed E-state index contributed by atoms with van der Waals surface area (Å²) in [5.74, 6) is 0.682. The maximum atomic E-state index is 12.3. The second kappa shape index (κ2) is 5.61. The number of amides is 1. The lowest BCUT2D eigenvalue weighted by Crippen LogP contribution is -2.40. The number of carbonyl (C=O) groups excluding carboxylic acids is 1. The van der Waals surface area contributed by atoms with Gasteiger partial charge in [0.2, 0.25) is 5.91 Å². The summed E-state index contributed by atoms with van der Waals surface area (Å²) < 4.78 is 0.993. The van der Waals surface area contributed by atoms with Crippen molar-refractivity contribution in [3.8, 4) is 0 Å². The SMILES string of the molecule is CC1CCN(C(C)C(=O)Nc2nc3ccc(N)cc3s2)C1. The molecule has 3 N–H and O–H groups in total.